The number of nitrogens with two attached hydrogens (primary N) is 1. The zero-order valence-electron chi connectivity index (χ0n) is 15.8. The van der Waals surface area contributed by atoms with Gasteiger partial charge in [-0.15, -0.1) is 0 Å². The van der Waals surface area contributed by atoms with Crippen molar-refractivity contribution in [2.24, 2.45) is 19.8 Å². The summed E-state index contributed by atoms with van der Waals surface area (Å²) in [5.41, 5.74) is 11.1. The van der Waals surface area contributed by atoms with Gasteiger partial charge in [0.1, 0.15) is 0 Å². The lowest BCUT2D eigenvalue weighted by Crippen LogP contribution is -2.20. The standard InChI is InChI=1S/C20H20N6O2/c1-11-5-4-6-12(9-11)16-17(23-19(22-16)24-18(21)27)13-7-8-14-15(10-13)26(3)20(28)25(14)2/h4-10H,1-3H3,(H4,21,22,23,24,27). The van der Waals surface area contributed by atoms with Crippen LogP contribution in [0.4, 0.5) is 10.7 Å². The number of aryl methyl sites for hydroxylation is 3. The number of carbonyl (C=O) groups is 1. The topological polar surface area (TPSA) is 111 Å². The summed E-state index contributed by atoms with van der Waals surface area (Å²) in [5.74, 6) is 0.265. The molecular formula is C20H20N6O2. The minimum Gasteiger partial charge on any atom is -0.351 e. The zero-order valence-corrected chi connectivity index (χ0v) is 15.8. The average molecular weight is 376 g/mol. The van der Waals surface area contributed by atoms with E-state index in [-0.39, 0.29) is 11.6 Å². The van der Waals surface area contributed by atoms with E-state index < -0.39 is 6.03 Å². The third-order valence-corrected chi connectivity index (χ3v) is 4.80. The van der Waals surface area contributed by atoms with Crippen LogP contribution in [0.3, 0.4) is 0 Å². The van der Waals surface area contributed by atoms with E-state index in [1.165, 1.54) is 0 Å². The molecule has 8 nitrogen and oxygen atoms in total. The predicted molar refractivity (Wildman–Crippen MR) is 109 cm³/mol. The molecule has 142 valence electrons. The van der Waals surface area contributed by atoms with E-state index in [1.807, 2.05) is 49.4 Å². The summed E-state index contributed by atoms with van der Waals surface area (Å²) in [6.45, 7) is 2.00. The molecule has 2 aromatic carbocycles. The minimum atomic E-state index is -0.697. The number of aromatic nitrogens is 4. The van der Waals surface area contributed by atoms with Crippen LogP contribution >= 0.6 is 0 Å². The molecule has 0 saturated carbocycles. The third-order valence-electron chi connectivity index (χ3n) is 4.80. The first-order valence-electron chi connectivity index (χ1n) is 8.74. The lowest BCUT2D eigenvalue weighted by Gasteiger charge is -2.05. The molecular weight excluding hydrogens is 356 g/mol. The smallest absolute Gasteiger partial charge is 0.328 e. The molecule has 4 N–H and O–H groups in total. The van der Waals surface area contributed by atoms with Crippen LogP contribution in [-0.2, 0) is 14.1 Å². The van der Waals surface area contributed by atoms with Gasteiger partial charge in [0.25, 0.3) is 0 Å². The molecule has 0 aliphatic carbocycles. The predicted octanol–water partition coefficient (Wildman–Crippen LogP) is 2.73. The number of amides is 2. The molecule has 8 heteroatoms. The largest absolute Gasteiger partial charge is 0.351 e. The van der Waals surface area contributed by atoms with Crippen LogP contribution < -0.4 is 16.7 Å². The third kappa shape index (κ3) is 2.84. The van der Waals surface area contributed by atoms with Gasteiger partial charge in [-0.05, 0) is 25.1 Å². The van der Waals surface area contributed by atoms with Gasteiger partial charge in [0.05, 0.1) is 22.4 Å². The fourth-order valence-electron chi connectivity index (χ4n) is 3.42. The summed E-state index contributed by atoms with van der Waals surface area (Å²) in [6.07, 6.45) is 0. The van der Waals surface area contributed by atoms with Gasteiger partial charge in [-0.3, -0.25) is 14.5 Å². The van der Waals surface area contributed by atoms with Crippen molar-refractivity contribution in [3.63, 3.8) is 0 Å². The SMILES string of the molecule is Cc1cccc(-c2nc(NC(N)=O)[nH]c2-c2ccc3c(c2)n(C)c(=O)n3C)c1. The molecule has 2 amide bonds. The number of carbonyl (C=O) groups excluding carboxylic acids is 1. The molecule has 28 heavy (non-hydrogen) atoms. The molecule has 4 rings (SSSR count). The second-order valence-electron chi connectivity index (χ2n) is 6.77. The molecule has 2 heterocycles. The number of nitrogens with one attached hydrogen (secondary N) is 2. The quantitative estimate of drug-likeness (QED) is 0.511. The van der Waals surface area contributed by atoms with Crippen molar-refractivity contribution in [3.05, 3.63) is 58.5 Å². The minimum absolute atomic E-state index is 0.0910. The summed E-state index contributed by atoms with van der Waals surface area (Å²) in [7, 11) is 3.48. The Morgan fingerprint density at radius 1 is 1.07 bits per heavy atom. The zero-order chi connectivity index (χ0) is 20.0. The second-order valence-corrected chi connectivity index (χ2v) is 6.77. The number of nitrogens with zero attached hydrogens (tertiary/aromatic N) is 3. The Kier molecular flexibility index (Phi) is 4.03. The van der Waals surface area contributed by atoms with Gasteiger partial charge in [-0.2, -0.15) is 0 Å². The number of imidazole rings is 2. The summed E-state index contributed by atoms with van der Waals surface area (Å²) < 4.78 is 3.21. The number of benzene rings is 2. The van der Waals surface area contributed by atoms with Crippen molar-refractivity contribution in [3.8, 4) is 22.5 Å². The Morgan fingerprint density at radius 3 is 2.54 bits per heavy atom. The molecule has 0 aliphatic rings. The Balaban J connectivity index is 1.94. The van der Waals surface area contributed by atoms with E-state index in [4.69, 9.17) is 5.73 Å². The van der Waals surface area contributed by atoms with Gasteiger partial charge in [0.15, 0.2) is 0 Å². The summed E-state index contributed by atoms with van der Waals surface area (Å²) >= 11 is 0. The number of hydrogen-bond donors (Lipinski definition) is 3. The molecule has 0 saturated heterocycles. The molecule has 0 spiro atoms. The Bertz CT molecular complexity index is 1280. The number of aromatic amines is 1. The van der Waals surface area contributed by atoms with Crippen LogP contribution in [-0.4, -0.2) is 25.1 Å². The van der Waals surface area contributed by atoms with Crippen molar-refractivity contribution in [2.45, 2.75) is 6.92 Å². The highest BCUT2D eigenvalue weighted by atomic mass is 16.2. The molecule has 0 bridgehead atoms. The lowest BCUT2D eigenvalue weighted by atomic mass is 10.0. The molecule has 0 atom stereocenters. The van der Waals surface area contributed by atoms with Crippen LogP contribution in [0, 0.1) is 6.92 Å². The van der Waals surface area contributed by atoms with Gasteiger partial charge in [-0.1, -0.05) is 29.8 Å². The van der Waals surface area contributed by atoms with Gasteiger partial charge < -0.3 is 10.7 Å². The van der Waals surface area contributed by atoms with Crippen molar-refractivity contribution >= 4 is 23.0 Å². The maximum atomic E-state index is 12.2. The number of hydrogen-bond acceptors (Lipinski definition) is 3. The van der Waals surface area contributed by atoms with Crippen molar-refractivity contribution in [2.75, 3.05) is 5.32 Å². The highest BCUT2D eigenvalue weighted by Crippen LogP contribution is 2.33. The number of fused-ring (bicyclic) bond motifs is 1. The molecule has 0 fully saturated rings. The van der Waals surface area contributed by atoms with E-state index >= 15 is 0 Å². The van der Waals surface area contributed by atoms with E-state index in [2.05, 4.69) is 15.3 Å². The first kappa shape index (κ1) is 17.6. The van der Waals surface area contributed by atoms with Crippen LogP contribution in [0.2, 0.25) is 0 Å². The van der Waals surface area contributed by atoms with Crippen LogP contribution in [0.5, 0.6) is 0 Å². The van der Waals surface area contributed by atoms with Crippen molar-refractivity contribution < 1.29 is 4.79 Å². The van der Waals surface area contributed by atoms with Gasteiger partial charge in [-0.25, -0.2) is 14.6 Å². The van der Waals surface area contributed by atoms with Gasteiger partial charge >= 0.3 is 11.7 Å². The fraction of sp³-hybridized carbons (Fsp3) is 0.150. The summed E-state index contributed by atoms with van der Waals surface area (Å²) in [4.78, 5) is 31.2. The second kappa shape index (κ2) is 6.41. The fourth-order valence-corrected chi connectivity index (χ4v) is 3.42. The molecule has 4 aromatic rings. The lowest BCUT2D eigenvalue weighted by molar-refractivity contribution is 0.259. The summed E-state index contributed by atoms with van der Waals surface area (Å²) in [6, 6.07) is 13.0. The molecule has 0 radical (unpaired) electrons. The summed E-state index contributed by atoms with van der Waals surface area (Å²) in [5, 5.41) is 2.49. The first-order valence-corrected chi connectivity index (χ1v) is 8.74. The number of H-pyrrole nitrogens is 1. The van der Waals surface area contributed by atoms with Gasteiger partial charge in [0.2, 0.25) is 5.95 Å². The van der Waals surface area contributed by atoms with Crippen molar-refractivity contribution in [1.82, 2.24) is 19.1 Å². The highest BCUT2D eigenvalue weighted by molar-refractivity contribution is 5.90. The first-order chi connectivity index (χ1) is 13.3. The van der Waals surface area contributed by atoms with E-state index in [1.54, 1.807) is 23.2 Å². The number of urea groups is 1. The molecule has 0 unspecified atom stereocenters. The van der Waals surface area contributed by atoms with E-state index in [0.717, 1.165) is 33.4 Å². The number of rotatable bonds is 3. The van der Waals surface area contributed by atoms with Gasteiger partial charge in [0, 0.05) is 25.2 Å². The molecule has 2 aromatic heterocycles. The Hall–Kier alpha value is -3.81. The Morgan fingerprint density at radius 2 is 1.82 bits per heavy atom. The van der Waals surface area contributed by atoms with E-state index in [9.17, 15) is 9.59 Å². The van der Waals surface area contributed by atoms with Crippen LogP contribution in [0.1, 0.15) is 5.56 Å². The monoisotopic (exact) mass is 376 g/mol. The normalized spacial score (nSPS) is 11.1. The maximum absolute atomic E-state index is 12.2. The van der Waals surface area contributed by atoms with Crippen molar-refractivity contribution in [1.29, 1.82) is 0 Å². The Labute approximate surface area is 160 Å². The van der Waals surface area contributed by atoms with Crippen LogP contribution in [0.25, 0.3) is 33.5 Å². The van der Waals surface area contributed by atoms with Crippen LogP contribution in [0.15, 0.2) is 47.3 Å². The number of primary amides is 1. The average Bonchev–Trinajstić information content (AvgIpc) is 3.17. The van der Waals surface area contributed by atoms with E-state index in [0.29, 0.717) is 5.69 Å². The number of anilines is 1. The maximum Gasteiger partial charge on any atom is 0.328 e. The molecule has 0 aliphatic heterocycles. The highest BCUT2D eigenvalue weighted by Gasteiger charge is 2.17.